The van der Waals surface area contributed by atoms with Gasteiger partial charge in [0.1, 0.15) is 0 Å². The van der Waals surface area contributed by atoms with Crippen molar-refractivity contribution in [2.45, 2.75) is 33.6 Å². The third kappa shape index (κ3) is 9.04. The predicted molar refractivity (Wildman–Crippen MR) is 101 cm³/mol. The Labute approximate surface area is 173 Å². The maximum atomic E-state index is 8.93. The second-order valence-corrected chi connectivity index (χ2v) is 7.18. The molecule has 3 rings (SSSR count). The Morgan fingerprint density at radius 1 is 0.808 bits per heavy atom. The van der Waals surface area contributed by atoms with Crippen molar-refractivity contribution in [2.24, 2.45) is 0 Å². The number of benzene rings is 1. The fourth-order valence-electron chi connectivity index (χ4n) is 2.45. The molecule has 2 aliphatic carbocycles. The molecule has 1 aromatic rings. The van der Waals surface area contributed by atoms with Crippen molar-refractivity contribution in [1.29, 1.82) is 0 Å². The molecule has 138 valence electrons. The van der Waals surface area contributed by atoms with E-state index in [1.807, 2.05) is 0 Å². The monoisotopic (exact) mass is 520 g/mol. The summed E-state index contributed by atoms with van der Waals surface area (Å²) in [5.41, 5.74) is 5.89. The average molecular weight is 519 g/mol. The minimum absolute atomic E-state index is 0. The Morgan fingerprint density at radius 3 is 1.69 bits per heavy atom. The zero-order valence-electron chi connectivity index (χ0n) is 16.0. The van der Waals surface area contributed by atoms with Gasteiger partial charge < -0.3 is 15.3 Å². The van der Waals surface area contributed by atoms with Gasteiger partial charge in [0.15, 0.2) is 0 Å². The fourth-order valence-corrected chi connectivity index (χ4v) is 3.85. The van der Waals surface area contributed by atoms with Gasteiger partial charge in [0.2, 0.25) is 0 Å². The van der Waals surface area contributed by atoms with Crippen LogP contribution < -0.4 is 18.6 Å². The molecule has 0 aromatic heterocycles. The maximum absolute atomic E-state index is 8.93. The van der Waals surface area contributed by atoms with Crippen LogP contribution in [0.5, 0.6) is 0 Å². The van der Waals surface area contributed by atoms with E-state index in [0.717, 1.165) is 37.2 Å². The summed E-state index contributed by atoms with van der Waals surface area (Å²) in [7, 11) is 0. The molecule has 0 heterocycles. The van der Waals surface area contributed by atoms with Crippen molar-refractivity contribution >= 4 is 14.5 Å². The van der Waals surface area contributed by atoms with Crippen LogP contribution >= 0.6 is 0 Å². The Kier molecular flexibility index (Phi) is 15.5. The molecule has 0 N–H and O–H groups in total. The van der Waals surface area contributed by atoms with Crippen LogP contribution in [0.2, 0.25) is 0 Å². The molecule has 0 unspecified atom stereocenters. The molecule has 0 spiro atoms. The molecular formula is C22H28HfO3. The van der Waals surface area contributed by atoms with Gasteiger partial charge in [-0.1, -0.05) is 20.8 Å². The van der Waals surface area contributed by atoms with E-state index < -0.39 is 0 Å². The summed E-state index contributed by atoms with van der Waals surface area (Å²) in [4.78, 5) is 0. The van der Waals surface area contributed by atoms with E-state index in [2.05, 4.69) is 54.7 Å². The number of hydrogen-bond acceptors (Lipinski definition) is 3. The van der Waals surface area contributed by atoms with Gasteiger partial charge in [-0.2, -0.15) is 0 Å². The standard InChI is InChI=1S/C16H13.3C2H5O.Hf/c1-2-8-13(7-1)15-11-5-6-12-16(15)14-9-3-4-10-14;3*1-2-3;/h1-7,9,11H,8,10H2;3*2H2,1H3;/q;3*-1;+3. The molecule has 3 nitrogen and oxygen atoms in total. The van der Waals surface area contributed by atoms with Crippen LogP contribution in [0.3, 0.4) is 0 Å². The van der Waals surface area contributed by atoms with Crippen LogP contribution in [0, 0.1) is 0 Å². The molecule has 0 bridgehead atoms. The average Bonchev–Trinajstić information content (AvgIpc) is 3.31. The molecule has 4 heteroatoms. The second kappa shape index (κ2) is 16.1. The van der Waals surface area contributed by atoms with Gasteiger partial charge in [-0.3, -0.25) is 0 Å². The molecule has 0 fully saturated rings. The van der Waals surface area contributed by atoms with E-state index in [9.17, 15) is 0 Å². The van der Waals surface area contributed by atoms with Gasteiger partial charge in [0.05, 0.1) is 0 Å². The third-order valence-electron chi connectivity index (χ3n) is 3.27. The summed E-state index contributed by atoms with van der Waals surface area (Å²) in [6, 6.07) is 6.74. The summed E-state index contributed by atoms with van der Waals surface area (Å²) < 4.78 is 1.52. The van der Waals surface area contributed by atoms with Crippen molar-refractivity contribution in [3.63, 3.8) is 0 Å². The summed E-state index contributed by atoms with van der Waals surface area (Å²) >= 11 is 1.11. The van der Waals surface area contributed by atoms with Crippen LogP contribution in [0.4, 0.5) is 0 Å². The predicted octanol–water partition coefficient (Wildman–Crippen LogP) is 1.65. The van der Waals surface area contributed by atoms with E-state index in [0.29, 0.717) is 0 Å². The molecule has 0 amide bonds. The Hall–Kier alpha value is -1.07. The molecule has 1 aromatic carbocycles. The van der Waals surface area contributed by atoms with Crippen molar-refractivity contribution in [1.82, 2.24) is 0 Å². The van der Waals surface area contributed by atoms with Gasteiger partial charge in [0, 0.05) is 0 Å². The molecule has 2 aliphatic rings. The van der Waals surface area contributed by atoms with E-state index in [1.54, 1.807) is 20.8 Å². The Bertz CT molecular complexity index is 624. The Morgan fingerprint density at radius 2 is 1.27 bits per heavy atom. The van der Waals surface area contributed by atoms with Gasteiger partial charge in [0.25, 0.3) is 0 Å². The van der Waals surface area contributed by atoms with E-state index >= 15 is 0 Å². The molecule has 0 aliphatic heterocycles. The second-order valence-electron chi connectivity index (χ2n) is 5.24. The molecular weight excluding hydrogens is 491 g/mol. The molecule has 26 heavy (non-hydrogen) atoms. The van der Waals surface area contributed by atoms with Crippen molar-refractivity contribution in [3.05, 3.63) is 65.8 Å². The number of rotatable bonds is 2. The van der Waals surface area contributed by atoms with E-state index in [-0.39, 0.29) is 19.8 Å². The van der Waals surface area contributed by atoms with Crippen molar-refractivity contribution in [2.75, 3.05) is 19.8 Å². The quantitative estimate of drug-likeness (QED) is 0.559. The van der Waals surface area contributed by atoms with Crippen LogP contribution in [0.15, 0.2) is 54.7 Å². The molecule has 0 atom stereocenters. The summed E-state index contributed by atoms with van der Waals surface area (Å²) in [6.07, 6.45) is 15.5. The Balaban J connectivity index is 0.000000593. The SMILES string of the molecule is CC[O-].CC[O-].CC[O-].[Hf+3][c]1cccc(C2=CC=CC2)c1C1=CC=CC1. The minimum atomic E-state index is 0. The number of allylic oxidation sites excluding steroid dienone is 8. The first kappa shape index (κ1) is 24.9. The van der Waals surface area contributed by atoms with Crippen LogP contribution in [0.1, 0.15) is 44.7 Å². The van der Waals surface area contributed by atoms with E-state index in [1.165, 1.54) is 25.6 Å². The first-order valence-corrected chi connectivity index (χ1v) is 10.7. The van der Waals surface area contributed by atoms with Crippen molar-refractivity contribution in [3.8, 4) is 0 Å². The van der Waals surface area contributed by atoms with Crippen LogP contribution in [-0.4, -0.2) is 19.8 Å². The van der Waals surface area contributed by atoms with Crippen LogP contribution in [0.25, 0.3) is 11.1 Å². The molecule has 0 saturated heterocycles. The summed E-state index contributed by atoms with van der Waals surface area (Å²) in [5.74, 6) is 0. The first-order chi connectivity index (χ1) is 12.6. The van der Waals surface area contributed by atoms with Crippen LogP contribution in [-0.2, 0) is 24.4 Å². The van der Waals surface area contributed by atoms with Gasteiger partial charge >= 0.3 is 117 Å². The summed E-state index contributed by atoms with van der Waals surface area (Å²) in [6.45, 7) is 4.71. The number of hydrogen-bond donors (Lipinski definition) is 0. The van der Waals surface area contributed by atoms with Gasteiger partial charge in [-0.15, -0.1) is 19.8 Å². The first-order valence-electron chi connectivity index (χ1n) is 8.92. The zero-order valence-corrected chi connectivity index (χ0v) is 19.5. The molecule has 0 radical (unpaired) electrons. The molecule has 0 saturated carbocycles. The van der Waals surface area contributed by atoms with E-state index in [4.69, 9.17) is 15.3 Å². The zero-order chi connectivity index (χ0) is 19.8. The summed E-state index contributed by atoms with van der Waals surface area (Å²) in [5, 5.41) is 26.8. The van der Waals surface area contributed by atoms with Gasteiger partial charge in [-0.25, -0.2) is 0 Å². The normalized spacial score (nSPS) is 13.5. The topological polar surface area (TPSA) is 69.2 Å². The van der Waals surface area contributed by atoms with Gasteiger partial charge in [-0.05, 0) is 0 Å². The fraction of sp³-hybridized carbons (Fsp3) is 0.364. The van der Waals surface area contributed by atoms with Crippen molar-refractivity contribution < 1.29 is 39.7 Å². The third-order valence-corrected chi connectivity index (χ3v) is 4.77.